The second-order valence-electron chi connectivity index (χ2n) is 4.61. The van der Waals surface area contributed by atoms with Gasteiger partial charge in [-0.15, -0.1) is 0 Å². The van der Waals surface area contributed by atoms with Gasteiger partial charge in [-0.2, -0.15) is 0 Å². The summed E-state index contributed by atoms with van der Waals surface area (Å²) in [5.41, 5.74) is 0.422. The Labute approximate surface area is 101 Å². The lowest BCUT2D eigenvalue weighted by atomic mass is 9.73. The minimum Gasteiger partial charge on any atom is -0.299 e. The van der Waals surface area contributed by atoms with Gasteiger partial charge >= 0.3 is 0 Å². The van der Waals surface area contributed by atoms with Crippen molar-refractivity contribution >= 4 is 11.6 Å². The Morgan fingerprint density at radius 1 is 1.24 bits per heavy atom. The van der Waals surface area contributed by atoms with E-state index in [0.717, 1.165) is 18.4 Å². The van der Waals surface area contributed by atoms with Crippen LogP contribution in [0.5, 0.6) is 0 Å². The van der Waals surface area contributed by atoms with Crippen LogP contribution in [-0.4, -0.2) is 11.6 Å². The molecule has 0 heterocycles. The molecule has 1 atom stereocenters. The smallest absolute Gasteiger partial charge is 0.180 e. The van der Waals surface area contributed by atoms with E-state index in [2.05, 4.69) is 6.58 Å². The van der Waals surface area contributed by atoms with Crippen LogP contribution in [0, 0.1) is 5.41 Å². The van der Waals surface area contributed by atoms with Gasteiger partial charge in [-0.05, 0) is 26.2 Å². The van der Waals surface area contributed by atoms with Gasteiger partial charge in [0.25, 0.3) is 0 Å². The van der Waals surface area contributed by atoms with E-state index in [1.165, 1.54) is 6.92 Å². The number of hydrogen-bond donors (Lipinski definition) is 0. The van der Waals surface area contributed by atoms with E-state index in [0.29, 0.717) is 12.0 Å². The molecule has 1 aliphatic rings. The first-order chi connectivity index (χ1) is 8.09. The second kappa shape index (κ2) is 4.28. The fourth-order valence-electron chi connectivity index (χ4n) is 2.65. The van der Waals surface area contributed by atoms with Gasteiger partial charge in [-0.1, -0.05) is 42.5 Å². The van der Waals surface area contributed by atoms with Crippen LogP contribution in [0.4, 0.5) is 0 Å². The first kappa shape index (κ1) is 11.8. The van der Waals surface area contributed by atoms with Gasteiger partial charge < -0.3 is 0 Å². The van der Waals surface area contributed by atoms with Crippen molar-refractivity contribution in [2.24, 2.45) is 5.41 Å². The average molecular weight is 228 g/mol. The zero-order chi connectivity index (χ0) is 12.5. The molecular formula is C15H16O2. The first-order valence-corrected chi connectivity index (χ1v) is 5.88. The van der Waals surface area contributed by atoms with Gasteiger partial charge in [-0.3, -0.25) is 9.59 Å². The Morgan fingerprint density at radius 2 is 1.88 bits per heavy atom. The molecule has 0 bridgehead atoms. The molecule has 1 aromatic rings. The molecular weight excluding hydrogens is 212 g/mol. The minimum atomic E-state index is -0.957. The lowest BCUT2D eigenvalue weighted by Crippen LogP contribution is -2.36. The number of allylic oxidation sites excluding steroid dienone is 1. The Morgan fingerprint density at radius 3 is 2.35 bits per heavy atom. The predicted octanol–water partition coefficient (Wildman–Crippen LogP) is 3.18. The zero-order valence-electron chi connectivity index (χ0n) is 10.0. The Hall–Kier alpha value is -1.70. The molecule has 1 aromatic carbocycles. The summed E-state index contributed by atoms with van der Waals surface area (Å²) in [4.78, 5) is 24.5. The molecule has 0 N–H and O–H groups in total. The van der Waals surface area contributed by atoms with E-state index in [4.69, 9.17) is 0 Å². The molecule has 0 unspecified atom stereocenters. The molecule has 1 fully saturated rings. The standard InChI is InChI=1S/C15H16O2/c1-11-7-6-10-15(11,12(2)16)14(17)13-8-4-3-5-9-13/h3-5,8-9H,1,6-7,10H2,2H3/t15-/m1/s1. The number of Topliss-reactive ketones (excluding diaryl/α,β-unsaturated/α-hetero) is 2. The summed E-state index contributed by atoms with van der Waals surface area (Å²) in [7, 11) is 0. The van der Waals surface area contributed by atoms with E-state index in [1.807, 2.05) is 18.2 Å². The van der Waals surface area contributed by atoms with Crippen molar-refractivity contribution in [2.75, 3.05) is 0 Å². The fourth-order valence-corrected chi connectivity index (χ4v) is 2.65. The van der Waals surface area contributed by atoms with Crippen LogP contribution < -0.4 is 0 Å². The molecule has 17 heavy (non-hydrogen) atoms. The van der Waals surface area contributed by atoms with E-state index in [9.17, 15) is 9.59 Å². The van der Waals surface area contributed by atoms with Crippen molar-refractivity contribution < 1.29 is 9.59 Å². The van der Waals surface area contributed by atoms with Gasteiger partial charge in [-0.25, -0.2) is 0 Å². The van der Waals surface area contributed by atoms with Crippen LogP contribution in [-0.2, 0) is 4.79 Å². The molecule has 1 saturated carbocycles. The maximum atomic E-state index is 12.5. The molecule has 0 amide bonds. The van der Waals surface area contributed by atoms with E-state index in [1.54, 1.807) is 12.1 Å². The van der Waals surface area contributed by atoms with Crippen LogP contribution in [0.2, 0.25) is 0 Å². The molecule has 0 radical (unpaired) electrons. The van der Waals surface area contributed by atoms with Gasteiger partial charge in [0, 0.05) is 5.56 Å². The van der Waals surface area contributed by atoms with Gasteiger partial charge in [0.1, 0.15) is 11.2 Å². The third kappa shape index (κ3) is 1.74. The first-order valence-electron chi connectivity index (χ1n) is 5.88. The third-order valence-electron chi connectivity index (χ3n) is 3.66. The van der Waals surface area contributed by atoms with Crippen LogP contribution in [0.25, 0.3) is 0 Å². The van der Waals surface area contributed by atoms with Crippen molar-refractivity contribution in [1.82, 2.24) is 0 Å². The van der Waals surface area contributed by atoms with Crippen molar-refractivity contribution in [3.63, 3.8) is 0 Å². The van der Waals surface area contributed by atoms with Crippen LogP contribution >= 0.6 is 0 Å². The molecule has 0 aromatic heterocycles. The average Bonchev–Trinajstić information content (AvgIpc) is 2.72. The number of hydrogen-bond acceptors (Lipinski definition) is 2. The van der Waals surface area contributed by atoms with E-state index >= 15 is 0 Å². The lowest BCUT2D eigenvalue weighted by molar-refractivity contribution is -0.122. The molecule has 0 spiro atoms. The topological polar surface area (TPSA) is 34.1 Å². The van der Waals surface area contributed by atoms with E-state index in [-0.39, 0.29) is 11.6 Å². The Kier molecular flexibility index (Phi) is 2.97. The normalized spacial score (nSPS) is 23.7. The highest BCUT2D eigenvalue weighted by Crippen LogP contribution is 2.45. The quantitative estimate of drug-likeness (QED) is 0.452. The molecule has 0 aliphatic heterocycles. The summed E-state index contributed by atoms with van der Waals surface area (Å²) in [5.74, 6) is -0.165. The van der Waals surface area contributed by atoms with Gasteiger partial charge in [0.05, 0.1) is 0 Å². The predicted molar refractivity (Wildman–Crippen MR) is 66.9 cm³/mol. The minimum absolute atomic E-state index is 0.0751. The summed E-state index contributed by atoms with van der Waals surface area (Å²) in [6, 6.07) is 9.02. The number of carbonyl (C=O) groups excluding carboxylic acids is 2. The SMILES string of the molecule is C=C1CCC[C@@]1(C(C)=O)C(=O)c1ccccc1. The molecule has 1 aliphatic carbocycles. The zero-order valence-corrected chi connectivity index (χ0v) is 10.0. The van der Waals surface area contributed by atoms with Gasteiger partial charge in [0.15, 0.2) is 5.78 Å². The number of carbonyl (C=O) groups is 2. The van der Waals surface area contributed by atoms with Crippen LogP contribution in [0.3, 0.4) is 0 Å². The number of ketones is 2. The van der Waals surface area contributed by atoms with Crippen LogP contribution in [0.15, 0.2) is 42.5 Å². The number of benzene rings is 1. The maximum Gasteiger partial charge on any atom is 0.180 e. The Balaban J connectivity index is 2.46. The molecule has 2 heteroatoms. The molecule has 2 nitrogen and oxygen atoms in total. The molecule has 0 saturated heterocycles. The highest BCUT2D eigenvalue weighted by atomic mass is 16.2. The maximum absolute atomic E-state index is 12.5. The van der Waals surface area contributed by atoms with Crippen molar-refractivity contribution in [2.45, 2.75) is 26.2 Å². The summed E-state index contributed by atoms with van der Waals surface area (Å²) in [5, 5.41) is 0. The van der Waals surface area contributed by atoms with Crippen LogP contribution in [0.1, 0.15) is 36.5 Å². The van der Waals surface area contributed by atoms with Crippen molar-refractivity contribution in [3.8, 4) is 0 Å². The lowest BCUT2D eigenvalue weighted by Gasteiger charge is -2.25. The monoisotopic (exact) mass is 228 g/mol. The molecule has 2 rings (SSSR count). The van der Waals surface area contributed by atoms with Crippen molar-refractivity contribution in [1.29, 1.82) is 0 Å². The summed E-state index contributed by atoms with van der Waals surface area (Å²) >= 11 is 0. The van der Waals surface area contributed by atoms with E-state index < -0.39 is 5.41 Å². The summed E-state index contributed by atoms with van der Waals surface area (Å²) in [6.45, 7) is 5.43. The third-order valence-corrected chi connectivity index (χ3v) is 3.66. The molecule has 88 valence electrons. The summed E-state index contributed by atoms with van der Waals surface area (Å²) < 4.78 is 0. The van der Waals surface area contributed by atoms with Gasteiger partial charge in [0.2, 0.25) is 0 Å². The highest BCUT2D eigenvalue weighted by Gasteiger charge is 2.48. The largest absolute Gasteiger partial charge is 0.299 e. The fraction of sp³-hybridized carbons (Fsp3) is 0.333. The highest BCUT2D eigenvalue weighted by molar-refractivity contribution is 6.16. The summed E-state index contributed by atoms with van der Waals surface area (Å²) in [6.07, 6.45) is 2.25. The van der Waals surface area contributed by atoms with Crippen molar-refractivity contribution in [3.05, 3.63) is 48.0 Å². The Bertz CT molecular complexity index is 473. The second-order valence-corrected chi connectivity index (χ2v) is 4.61. The number of rotatable bonds is 3.